The van der Waals surface area contributed by atoms with Gasteiger partial charge in [-0.15, -0.1) is 0 Å². The molecule has 5 nitrogen and oxygen atoms in total. The van der Waals surface area contributed by atoms with E-state index in [4.69, 9.17) is 13.9 Å². The van der Waals surface area contributed by atoms with Crippen LogP contribution in [0.2, 0.25) is 0 Å². The van der Waals surface area contributed by atoms with Crippen LogP contribution in [0.4, 0.5) is 0 Å². The van der Waals surface area contributed by atoms with Crippen LogP contribution in [0.15, 0.2) is 114 Å². The van der Waals surface area contributed by atoms with Crippen LogP contribution < -0.4 is 9.47 Å². The monoisotopic (exact) mass is 476 g/mol. The van der Waals surface area contributed by atoms with Crippen molar-refractivity contribution >= 4 is 22.5 Å². The molecule has 0 radical (unpaired) electrons. The molecule has 5 aromatic rings. The summed E-state index contributed by atoms with van der Waals surface area (Å²) in [6, 6.07) is 31.8. The highest BCUT2D eigenvalue weighted by atomic mass is 16.5. The van der Waals surface area contributed by atoms with E-state index in [0.717, 1.165) is 16.9 Å². The van der Waals surface area contributed by atoms with E-state index in [1.54, 1.807) is 36.4 Å². The molecule has 0 saturated carbocycles. The minimum atomic E-state index is -0.363. The quantitative estimate of drug-likeness (QED) is 0.143. The third-order valence-corrected chi connectivity index (χ3v) is 5.85. The smallest absolute Gasteiger partial charge is 0.193 e. The summed E-state index contributed by atoms with van der Waals surface area (Å²) in [6.07, 6.45) is 1.20. The SMILES string of the molecule is COc1c(C(=O)C=C(O)c2ccccc2)ccc2oc(-c3ccc(OCc4ccccc4)cc3)cc12. The molecule has 0 amide bonds. The molecule has 178 valence electrons. The van der Waals surface area contributed by atoms with Gasteiger partial charge < -0.3 is 19.0 Å². The number of ether oxygens (including phenoxy) is 2. The molecule has 0 saturated heterocycles. The Morgan fingerprint density at radius 2 is 1.58 bits per heavy atom. The lowest BCUT2D eigenvalue weighted by Gasteiger charge is -2.07. The Balaban J connectivity index is 1.39. The second-order valence-electron chi connectivity index (χ2n) is 8.23. The number of methoxy groups -OCH3 is 1. The van der Waals surface area contributed by atoms with E-state index >= 15 is 0 Å². The maximum Gasteiger partial charge on any atom is 0.193 e. The molecule has 0 aliphatic heterocycles. The topological polar surface area (TPSA) is 68.9 Å². The van der Waals surface area contributed by atoms with Crippen LogP contribution in [0.25, 0.3) is 28.1 Å². The zero-order valence-corrected chi connectivity index (χ0v) is 19.7. The summed E-state index contributed by atoms with van der Waals surface area (Å²) in [6.45, 7) is 0.493. The van der Waals surface area contributed by atoms with Crippen molar-refractivity contribution in [3.8, 4) is 22.8 Å². The van der Waals surface area contributed by atoms with Gasteiger partial charge in [0.1, 0.15) is 35.2 Å². The van der Waals surface area contributed by atoms with Crippen LogP contribution in [-0.2, 0) is 6.61 Å². The van der Waals surface area contributed by atoms with Crippen molar-refractivity contribution in [2.75, 3.05) is 7.11 Å². The summed E-state index contributed by atoms with van der Waals surface area (Å²) in [5.41, 5.74) is 3.47. The number of carbonyl (C=O) groups excluding carboxylic acids is 1. The number of ketones is 1. The normalized spacial score (nSPS) is 11.4. The standard InChI is InChI=1S/C31H24O5/c1-34-31-25(28(33)19-27(32)22-10-6-3-7-11-22)16-17-29-26(31)18-30(36-29)23-12-14-24(15-13-23)35-20-21-8-4-2-5-9-21/h2-19,32H,20H2,1H3. The average Bonchev–Trinajstić information content (AvgIpc) is 3.37. The average molecular weight is 477 g/mol. The summed E-state index contributed by atoms with van der Waals surface area (Å²) in [7, 11) is 1.51. The molecule has 36 heavy (non-hydrogen) atoms. The van der Waals surface area contributed by atoms with Crippen LogP contribution in [0, 0.1) is 0 Å². The van der Waals surface area contributed by atoms with E-state index in [-0.39, 0.29) is 11.5 Å². The van der Waals surface area contributed by atoms with Crippen LogP contribution in [0.5, 0.6) is 11.5 Å². The summed E-state index contributed by atoms with van der Waals surface area (Å²) >= 11 is 0. The minimum absolute atomic E-state index is 0.106. The summed E-state index contributed by atoms with van der Waals surface area (Å²) in [5, 5.41) is 11.1. The molecule has 0 aliphatic rings. The van der Waals surface area contributed by atoms with Gasteiger partial charge in [0, 0.05) is 17.2 Å². The van der Waals surface area contributed by atoms with Gasteiger partial charge in [0.05, 0.1) is 18.1 Å². The van der Waals surface area contributed by atoms with E-state index < -0.39 is 0 Å². The largest absolute Gasteiger partial charge is 0.507 e. The highest BCUT2D eigenvalue weighted by Gasteiger charge is 2.18. The Bertz CT molecular complexity index is 1510. The van der Waals surface area contributed by atoms with Crippen molar-refractivity contribution in [2.24, 2.45) is 0 Å². The number of aliphatic hydroxyl groups is 1. The molecule has 5 rings (SSSR count). The molecular weight excluding hydrogens is 452 g/mol. The zero-order chi connectivity index (χ0) is 24.9. The van der Waals surface area contributed by atoms with E-state index in [0.29, 0.717) is 40.2 Å². The highest BCUT2D eigenvalue weighted by molar-refractivity contribution is 6.12. The Kier molecular flexibility index (Phi) is 6.54. The molecule has 0 atom stereocenters. The second-order valence-corrected chi connectivity index (χ2v) is 8.23. The molecule has 0 aliphatic carbocycles. The van der Waals surface area contributed by atoms with Gasteiger partial charge in [0.15, 0.2) is 5.78 Å². The van der Waals surface area contributed by atoms with E-state index in [2.05, 4.69) is 0 Å². The molecule has 0 bridgehead atoms. The van der Waals surface area contributed by atoms with Gasteiger partial charge in [-0.05, 0) is 48.0 Å². The van der Waals surface area contributed by atoms with Crippen LogP contribution in [0.3, 0.4) is 0 Å². The Hall–Kier alpha value is -4.77. The Morgan fingerprint density at radius 1 is 0.889 bits per heavy atom. The second kappa shape index (κ2) is 10.2. The molecule has 1 heterocycles. The number of hydrogen-bond acceptors (Lipinski definition) is 5. The number of furan rings is 1. The maximum atomic E-state index is 13.0. The molecule has 0 unspecified atom stereocenters. The third-order valence-electron chi connectivity index (χ3n) is 5.85. The molecule has 0 spiro atoms. The van der Waals surface area contributed by atoms with Crippen molar-refractivity contribution in [2.45, 2.75) is 6.61 Å². The number of allylic oxidation sites excluding steroid dienone is 1. The molecule has 5 heteroatoms. The van der Waals surface area contributed by atoms with Crippen LogP contribution in [0.1, 0.15) is 21.5 Å². The third kappa shape index (κ3) is 4.86. The first kappa shape index (κ1) is 23.0. The van der Waals surface area contributed by atoms with Gasteiger partial charge in [0.2, 0.25) is 0 Å². The maximum absolute atomic E-state index is 13.0. The van der Waals surface area contributed by atoms with Crippen molar-refractivity contribution in [3.05, 3.63) is 126 Å². The van der Waals surface area contributed by atoms with Gasteiger partial charge in [-0.3, -0.25) is 4.79 Å². The zero-order valence-electron chi connectivity index (χ0n) is 19.7. The molecule has 1 N–H and O–H groups in total. The molecular formula is C31H24O5. The fourth-order valence-electron chi connectivity index (χ4n) is 3.99. The molecule has 4 aromatic carbocycles. The summed E-state index contributed by atoms with van der Waals surface area (Å²) in [4.78, 5) is 13.0. The van der Waals surface area contributed by atoms with E-state index in [1.165, 1.54) is 13.2 Å². The van der Waals surface area contributed by atoms with Gasteiger partial charge >= 0.3 is 0 Å². The summed E-state index contributed by atoms with van der Waals surface area (Å²) in [5.74, 6) is 1.33. The number of hydrogen-bond donors (Lipinski definition) is 1. The van der Waals surface area contributed by atoms with Gasteiger partial charge in [-0.25, -0.2) is 0 Å². The highest BCUT2D eigenvalue weighted by Crippen LogP contribution is 2.37. The molecule has 0 fully saturated rings. The van der Waals surface area contributed by atoms with Gasteiger partial charge in [-0.1, -0.05) is 60.7 Å². The van der Waals surface area contributed by atoms with Crippen molar-refractivity contribution in [1.29, 1.82) is 0 Å². The minimum Gasteiger partial charge on any atom is -0.507 e. The fourth-order valence-corrected chi connectivity index (χ4v) is 3.99. The Morgan fingerprint density at radius 3 is 2.28 bits per heavy atom. The predicted molar refractivity (Wildman–Crippen MR) is 140 cm³/mol. The first-order chi connectivity index (χ1) is 17.6. The lowest BCUT2D eigenvalue weighted by Crippen LogP contribution is -2.00. The number of fused-ring (bicyclic) bond motifs is 1. The lowest BCUT2D eigenvalue weighted by atomic mass is 10.0. The van der Waals surface area contributed by atoms with Crippen molar-refractivity contribution < 1.29 is 23.8 Å². The first-order valence-electron chi connectivity index (χ1n) is 11.5. The number of carbonyl (C=O) groups is 1. The van der Waals surface area contributed by atoms with Crippen LogP contribution >= 0.6 is 0 Å². The van der Waals surface area contributed by atoms with Crippen molar-refractivity contribution in [3.63, 3.8) is 0 Å². The fraction of sp³-hybridized carbons (Fsp3) is 0.0645. The Labute approximate surface area is 208 Å². The van der Waals surface area contributed by atoms with Gasteiger partial charge in [-0.2, -0.15) is 0 Å². The number of benzene rings is 4. The van der Waals surface area contributed by atoms with E-state index in [9.17, 15) is 9.90 Å². The lowest BCUT2D eigenvalue weighted by molar-refractivity contribution is 0.104. The molecule has 1 aromatic heterocycles. The predicted octanol–water partition coefficient (Wildman–Crippen LogP) is 7.47. The number of rotatable bonds is 8. The summed E-state index contributed by atoms with van der Waals surface area (Å²) < 4.78 is 17.5. The van der Waals surface area contributed by atoms with Crippen LogP contribution in [-0.4, -0.2) is 18.0 Å². The van der Waals surface area contributed by atoms with E-state index in [1.807, 2.05) is 66.7 Å². The van der Waals surface area contributed by atoms with Gasteiger partial charge in [0.25, 0.3) is 0 Å². The first-order valence-corrected chi connectivity index (χ1v) is 11.5. The number of aliphatic hydroxyl groups excluding tert-OH is 1. The van der Waals surface area contributed by atoms with Crippen molar-refractivity contribution in [1.82, 2.24) is 0 Å².